The third kappa shape index (κ3) is 8.50. The first-order valence-corrected chi connectivity index (χ1v) is 10.2. The molecule has 0 amide bonds. The maximum absolute atomic E-state index is 5.62. The molecule has 156 valence electrons. The molecule has 0 bridgehead atoms. The average Bonchev–Trinajstić information content (AvgIpc) is 3.15. The zero-order chi connectivity index (χ0) is 20.2. The number of aromatic nitrogens is 3. The maximum Gasteiger partial charge on any atom is 0.113 e. The zero-order valence-corrected chi connectivity index (χ0v) is 17.8. The van der Waals surface area contributed by atoms with Gasteiger partial charge in [0.05, 0.1) is 45.8 Å². The van der Waals surface area contributed by atoms with Crippen LogP contribution in [0, 0.1) is 12.3 Å². The van der Waals surface area contributed by atoms with Crippen molar-refractivity contribution in [3.8, 4) is 11.3 Å². The molecule has 0 N–H and O–H groups in total. The van der Waals surface area contributed by atoms with Gasteiger partial charge in [-0.25, -0.2) is 4.68 Å². The first-order valence-electron chi connectivity index (χ1n) is 10.2. The summed E-state index contributed by atoms with van der Waals surface area (Å²) >= 11 is 0. The zero-order valence-electron chi connectivity index (χ0n) is 17.8. The number of aryl methyl sites for hydroxylation is 1. The van der Waals surface area contributed by atoms with Crippen molar-refractivity contribution in [2.45, 2.75) is 47.1 Å². The van der Waals surface area contributed by atoms with E-state index in [2.05, 4.69) is 62.3 Å². The van der Waals surface area contributed by atoms with E-state index in [0.29, 0.717) is 45.0 Å². The second kappa shape index (κ2) is 11.9. The summed E-state index contributed by atoms with van der Waals surface area (Å²) in [6.45, 7) is 13.3. The summed E-state index contributed by atoms with van der Waals surface area (Å²) < 4.78 is 18.6. The molecule has 0 radical (unpaired) electrons. The van der Waals surface area contributed by atoms with Crippen molar-refractivity contribution in [2.24, 2.45) is 5.41 Å². The fourth-order valence-electron chi connectivity index (χ4n) is 2.49. The average molecular weight is 390 g/mol. The molecule has 0 aliphatic heterocycles. The van der Waals surface area contributed by atoms with Gasteiger partial charge in [-0.1, -0.05) is 62.2 Å². The van der Waals surface area contributed by atoms with Crippen LogP contribution in [0.5, 0.6) is 0 Å². The number of hydrogen-bond acceptors (Lipinski definition) is 5. The highest BCUT2D eigenvalue weighted by Crippen LogP contribution is 2.23. The van der Waals surface area contributed by atoms with Crippen LogP contribution in [0.1, 0.15) is 39.2 Å². The minimum atomic E-state index is 0.361. The van der Waals surface area contributed by atoms with Gasteiger partial charge in [0, 0.05) is 12.2 Å². The summed E-state index contributed by atoms with van der Waals surface area (Å²) in [5.74, 6) is 0. The predicted molar refractivity (Wildman–Crippen MR) is 111 cm³/mol. The lowest BCUT2D eigenvalue weighted by molar-refractivity contribution is 0.00804. The molecule has 1 heterocycles. The van der Waals surface area contributed by atoms with Gasteiger partial charge in [0.15, 0.2) is 0 Å². The summed E-state index contributed by atoms with van der Waals surface area (Å²) in [7, 11) is 0. The van der Waals surface area contributed by atoms with Gasteiger partial charge in [-0.15, -0.1) is 5.10 Å². The Hall–Kier alpha value is -1.76. The van der Waals surface area contributed by atoms with Gasteiger partial charge in [0.25, 0.3) is 0 Å². The lowest BCUT2D eigenvalue weighted by Crippen LogP contribution is -2.15. The fraction of sp³-hybridized carbons (Fsp3) is 0.636. The van der Waals surface area contributed by atoms with Crippen molar-refractivity contribution < 1.29 is 14.2 Å². The molecule has 0 atom stereocenters. The standard InChI is InChI=1S/C22H35N3O3/c1-5-22(3,4)10-12-26-14-16-28-17-15-27-13-11-25-18-21(23-24-25)20-8-6-19(2)7-9-20/h6-9,18H,5,10-17H2,1-4H3. The van der Waals surface area contributed by atoms with Crippen LogP contribution < -0.4 is 0 Å². The molecule has 1 aromatic heterocycles. The van der Waals surface area contributed by atoms with Crippen LogP contribution in [-0.4, -0.2) is 54.6 Å². The molecule has 0 spiro atoms. The van der Waals surface area contributed by atoms with Crippen LogP contribution in [0.3, 0.4) is 0 Å². The van der Waals surface area contributed by atoms with Crippen LogP contribution in [0.15, 0.2) is 30.5 Å². The molecular formula is C22H35N3O3. The Balaban J connectivity index is 1.47. The van der Waals surface area contributed by atoms with Gasteiger partial charge in [0.2, 0.25) is 0 Å². The minimum Gasteiger partial charge on any atom is -0.379 e. The summed E-state index contributed by atoms with van der Waals surface area (Å²) in [5, 5.41) is 8.37. The molecule has 6 nitrogen and oxygen atoms in total. The normalized spacial score (nSPS) is 11.9. The van der Waals surface area contributed by atoms with Crippen LogP contribution >= 0.6 is 0 Å². The summed E-state index contributed by atoms with van der Waals surface area (Å²) in [6, 6.07) is 8.28. The third-order valence-corrected chi connectivity index (χ3v) is 4.98. The van der Waals surface area contributed by atoms with Crippen molar-refractivity contribution >= 4 is 0 Å². The first kappa shape index (κ1) is 22.5. The highest BCUT2D eigenvalue weighted by atomic mass is 16.5. The second-order valence-electron chi connectivity index (χ2n) is 7.84. The van der Waals surface area contributed by atoms with Gasteiger partial charge < -0.3 is 14.2 Å². The van der Waals surface area contributed by atoms with Crippen molar-refractivity contribution in [3.05, 3.63) is 36.0 Å². The number of nitrogens with zero attached hydrogens (tertiary/aromatic N) is 3. The highest BCUT2D eigenvalue weighted by molar-refractivity contribution is 5.57. The summed E-state index contributed by atoms with van der Waals surface area (Å²) in [6.07, 6.45) is 4.20. The number of hydrogen-bond donors (Lipinski definition) is 0. The molecule has 1 aromatic carbocycles. The van der Waals surface area contributed by atoms with Gasteiger partial charge >= 0.3 is 0 Å². The molecular weight excluding hydrogens is 354 g/mol. The van der Waals surface area contributed by atoms with Gasteiger partial charge in [-0.05, 0) is 18.8 Å². The molecule has 0 aliphatic rings. The Bertz CT molecular complexity index is 668. The maximum atomic E-state index is 5.62. The van der Waals surface area contributed by atoms with Crippen LogP contribution in [0.2, 0.25) is 0 Å². The smallest absolute Gasteiger partial charge is 0.113 e. The summed E-state index contributed by atoms with van der Waals surface area (Å²) in [5.41, 5.74) is 3.55. The number of rotatable bonds is 14. The number of benzene rings is 1. The van der Waals surface area contributed by atoms with Crippen LogP contribution in [0.25, 0.3) is 11.3 Å². The van der Waals surface area contributed by atoms with E-state index in [0.717, 1.165) is 24.3 Å². The van der Waals surface area contributed by atoms with E-state index >= 15 is 0 Å². The number of ether oxygens (including phenoxy) is 3. The Morgan fingerprint density at radius 1 is 0.893 bits per heavy atom. The van der Waals surface area contributed by atoms with E-state index in [-0.39, 0.29) is 0 Å². The molecule has 0 saturated heterocycles. The van der Waals surface area contributed by atoms with Crippen LogP contribution in [0.4, 0.5) is 0 Å². The van der Waals surface area contributed by atoms with Gasteiger partial charge in [-0.2, -0.15) is 0 Å². The van der Waals surface area contributed by atoms with Crippen LogP contribution in [-0.2, 0) is 20.8 Å². The quantitative estimate of drug-likeness (QED) is 0.455. The Kier molecular flexibility index (Phi) is 9.61. The van der Waals surface area contributed by atoms with E-state index in [1.54, 1.807) is 0 Å². The minimum absolute atomic E-state index is 0.361. The van der Waals surface area contributed by atoms with Crippen molar-refractivity contribution in [3.63, 3.8) is 0 Å². The molecule has 6 heteroatoms. The van der Waals surface area contributed by atoms with Crippen molar-refractivity contribution in [1.29, 1.82) is 0 Å². The molecule has 0 saturated carbocycles. The van der Waals surface area contributed by atoms with E-state index in [1.165, 1.54) is 12.0 Å². The Morgan fingerprint density at radius 3 is 2.14 bits per heavy atom. The van der Waals surface area contributed by atoms with Crippen molar-refractivity contribution in [2.75, 3.05) is 39.6 Å². The molecule has 2 aromatic rings. The Labute approximate surface area is 169 Å². The topological polar surface area (TPSA) is 58.4 Å². The third-order valence-electron chi connectivity index (χ3n) is 4.98. The summed E-state index contributed by atoms with van der Waals surface area (Å²) in [4.78, 5) is 0. The Morgan fingerprint density at radius 2 is 1.50 bits per heavy atom. The lowest BCUT2D eigenvalue weighted by Gasteiger charge is -2.22. The van der Waals surface area contributed by atoms with Gasteiger partial charge in [-0.3, -0.25) is 0 Å². The SMILES string of the molecule is CCC(C)(C)CCOCCOCCOCCn1cc(-c2ccc(C)cc2)nn1. The van der Waals surface area contributed by atoms with E-state index < -0.39 is 0 Å². The largest absolute Gasteiger partial charge is 0.379 e. The van der Waals surface area contributed by atoms with Gasteiger partial charge in [0.1, 0.15) is 5.69 Å². The monoisotopic (exact) mass is 389 g/mol. The van der Waals surface area contributed by atoms with E-state index in [4.69, 9.17) is 14.2 Å². The first-order chi connectivity index (χ1) is 13.5. The fourth-order valence-corrected chi connectivity index (χ4v) is 2.49. The van der Waals surface area contributed by atoms with E-state index in [1.807, 2.05) is 10.9 Å². The highest BCUT2D eigenvalue weighted by Gasteiger charge is 2.14. The molecule has 28 heavy (non-hydrogen) atoms. The lowest BCUT2D eigenvalue weighted by atomic mass is 9.87. The molecule has 0 aliphatic carbocycles. The van der Waals surface area contributed by atoms with Crippen molar-refractivity contribution in [1.82, 2.24) is 15.0 Å². The molecule has 0 fully saturated rings. The second-order valence-corrected chi connectivity index (χ2v) is 7.84. The molecule has 2 rings (SSSR count). The van der Waals surface area contributed by atoms with E-state index in [9.17, 15) is 0 Å². The predicted octanol–water partition coefficient (Wildman–Crippen LogP) is 4.13. The molecule has 0 unspecified atom stereocenters.